The second-order valence-corrected chi connectivity index (χ2v) is 4.60. The SMILES string of the molecule is O=C(CCC1CCCO1)c1c(F)cccc1Cl. The van der Waals surface area contributed by atoms with Gasteiger partial charge >= 0.3 is 0 Å². The fourth-order valence-corrected chi connectivity index (χ4v) is 2.32. The zero-order valence-corrected chi connectivity index (χ0v) is 10.2. The van der Waals surface area contributed by atoms with Gasteiger partial charge in [-0.25, -0.2) is 4.39 Å². The lowest BCUT2D eigenvalue weighted by molar-refractivity contribution is 0.0856. The van der Waals surface area contributed by atoms with Crippen molar-refractivity contribution in [1.29, 1.82) is 0 Å². The van der Waals surface area contributed by atoms with Crippen LogP contribution in [-0.2, 0) is 4.74 Å². The number of hydrogen-bond donors (Lipinski definition) is 0. The number of hydrogen-bond acceptors (Lipinski definition) is 2. The summed E-state index contributed by atoms with van der Waals surface area (Å²) in [7, 11) is 0. The van der Waals surface area contributed by atoms with Crippen LogP contribution in [0.25, 0.3) is 0 Å². The third-order valence-electron chi connectivity index (χ3n) is 2.96. The minimum Gasteiger partial charge on any atom is -0.378 e. The topological polar surface area (TPSA) is 26.3 Å². The average molecular weight is 257 g/mol. The Morgan fingerprint density at radius 1 is 1.53 bits per heavy atom. The molecule has 1 fully saturated rings. The zero-order chi connectivity index (χ0) is 12.3. The molecule has 1 aliphatic heterocycles. The van der Waals surface area contributed by atoms with Crippen LogP contribution in [0.2, 0.25) is 5.02 Å². The van der Waals surface area contributed by atoms with E-state index in [1.54, 1.807) is 0 Å². The molecule has 2 nitrogen and oxygen atoms in total. The third kappa shape index (κ3) is 3.05. The van der Waals surface area contributed by atoms with E-state index in [2.05, 4.69) is 0 Å². The van der Waals surface area contributed by atoms with Crippen molar-refractivity contribution in [3.05, 3.63) is 34.6 Å². The maximum Gasteiger partial charge on any atom is 0.167 e. The normalized spacial score (nSPS) is 19.5. The van der Waals surface area contributed by atoms with Gasteiger partial charge in [-0.2, -0.15) is 0 Å². The molecule has 0 aliphatic carbocycles. The van der Waals surface area contributed by atoms with Crippen molar-refractivity contribution in [1.82, 2.24) is 0 Å². The zero-order valence-electron chi connectivity index (χ0n) is 9.42. The molecule has 0 N–H and O–H groups in total. The maximum atomic E-state index is 13.5. The predicted octanol–water partition coefficient (Wildman–Crippen LogP) is 3.62. The minimum atomic E-state index is -0.546. The molecular formula is C13H14ClFO2. The van der Waals surface area contributed by atoms with Crippen LogP contribution in [-0.4, -0.2) is 18.5 Å². The number of ketones is 1. The Labute approximate surface area is 105 Å². The van der Waals surface area contributed by atoms with E-state index in [1.807, 2.05) is 0 Å². The Kier molecular flexibility index (Phi) is 4.13. The number of carbonyl (C=O) groups is 1. The van der Waals surface area contributed by atoms with Crippen molar-refractivity contribution in [3.8, 4) is 0 Å². The van der Waals surface area contributed by atoms with Crippen LogP contribution >= 0.6 is 11.6 Å². The summed E-state index contributed by atoms with van der Waals surface area (Å²) < 4.78 is 18.9. The van der Waals surface area contributed by atoms with Crippen molar-refractivity contribution in [2.75, 3.05) is 6.61 Å². The van der Waals surface area contributed by atoms with Crippen LogP contribution in [0.5, 0.6) is 0 Å². The first kappa shape index (κ1) is 12.5. The van der Waals surface area contributed by atoms with Crippen LogP contribution < -0.4 is 0 Å². The van der Waals surface area contributed by atoms with E-state index in [0.717, 1.165) is 19.4 Å². The highest BCUT2D eigenvalue weighted by Crippen LogP contribution is 2.23. The first-order chi connectivity index (χ1) is 8.18. The summed E-state index contributed by atoms with van der Waals surface area (Å²) in [6.07, 6.45) is 3.09. The Bertz CT molecular complexity index is 394. The smallest absolute Gasteiger partial charge is 0.167 e. The number of Topliss-reactive ketones (excluding diaryl/α,β-unsaturated/α-hetero) is 1. The second kappa shape index (κ2) is 5.61. The van der Waals surface area contributed by atoms with Crippen LogP contribution in [0, 0.1) is 5.82 Å². The number of halogens is 2. The maximum absolute atomic E-state index is 13.5. The standard InChI is InChI=1S/C13H14ClFO2/c14-10-4-1-5-11(15)13(10)12(16)7-6-9-3-2-8-17-9/h1,4-5,9H,2-3,6-8H2. The molecule has 1 saturated heterocycles. The number of carbonyl (C=O) groups excluding carboxylic acids is 1. The van der Waals surface area contributed by atoms with Gasteiger partial charge in [0.05, 0.1) is 16.7 Å². The first-order valence-electron chi connectivity index (χ1n) is 5.77. The Balaban J connectivity index is 1.99. The van der Waals surface area contributed by atoms with Crippen LogP contribution in [0.4, 0.5) is 4.39 Å². The van der Waals surface area contributed by atoms with Gasteiger partial charge < -0.3 is 4.74 Å². The Morgan fingerprint density at radius 3 is 3.00 bits per heavy atom. The van der Waals surface area contributed by atoms with Crippen molar-refractivity contribution >= 4 is 17.4 Å². The highest BCUT2D eigenvalue weighted by atomic mass is 35.5. The van der Waals surface area contributed by atoms with E-state index in [9.17, 15) is 9.18 Å². The molecule has 2 rings (SSSR count). The van der Waals surface area contributed by atoms with Gasteiger partial charge in [0.2, 0.25) is 0 Å². The van der Waals surface area contributed by atoms with Gasteiger partial charge in [0.1, 0.15) is 5.82 Å². The van der Waals surface area contributed by atoms with E-state index >= 15 is 0 Å². The average Bonchev–Trinajstić information content (AvgIpc) is 2.79. The summed E-state index contributed by atoms with van der Waals surface area (Å²) in [5, 5.41) is 0.183. The van der Waals surface area contributed by atoms with Crippen LogP contribution in [0.3, 0.4) is 0 Å². The lowest BCUT2D eigenvalue weighted by Crippen LogP contribution is -2.10. The fourth-order valence-electron chi connectivity index (χ4n) is 2.05. The fraction of sp³-hybridized carbons (Fsp3) is 0.462. The molecule has 1 aromatic rings. The molecule has 0 radical (unpaired) electrons. The third-order valence-corrected chi connectivity index (χ3v) is 3.27. The quantitative estimate of drug-likeness (QED) is 0.769. The Hall–Kier alpha value is -0.930. The molecule has 1 atom stereocenters. The van der Waals surface area contributed by atoms with Gasteiger partial charge in [-0.1, -0.05) is 17.7 Å². The lowest BCUT2D eigenvalue weighted by Gasteiger charge is -2.09. The van der Waals surface area contributed by atoms with Crippen LogP contribution in [0.1, 0.15) is 36.0 Å². The number of ether oxygens (including phenoxy) is 1. The largest absolute Gasteiger partial charge is 0.378 e. The summed E-state index contributed by atoms with van der Waals surface area (Å²) in [5.74, 6) is -0.793. The molecule has 0 aromatic heterocycles. The van der Waals surface area contributed by atoms with Gasteiger partial charge in [0.25, 0.3) is 0 Å². The van der Waals surface area contributed by atoms with Crippen molar-refractivity contribution in [2.45, 2.75) is 31.8 Å². The summed E-state index contributed by atoms with van der Waals surface area (Å²) in [6.45, 7) is 0.763. The van der Waals surface area contributed by atoms with Gasteiger partial charge in [0, 0.05) is 13.0 Å². The molecule has 1 heterocycles. The summed E-state index contributed by atoms with van der Waals surface area (Å²) in [5.41, 5.74) is 0.00663. The van der Waals surface area contributed by atoms with Gasteiger partial charge in [-0.3, -0.25) is 4.79 Å². The Morgan fingerprint density at radius 2 is 2.35 bits per heavy atom. The molecule has 1 aromatic carbocycles. The van der Waals surface area contributed by atoms with Crippen molar-refractivity contribution in [2.24, 2.45) is 0 Å². The number of benzene rings is 1. The molecule has 0 amide bonds. The van der Waals surface area contributed by atoms with Gasteiger partial charge in [-0.05, 0) is 31.4 Å². The molecule has 17 heavy (non-hydrogen) atoms. The summed E-state index contributed by atoms with van der Waals surface area (Å²) in [6, 6.07) is 4.28. The monoisotopic (exact) mass is 256 g/mol. The lowest BCUT2D eigenvalue weighted by atomic mass is 10.0. The highest BCUT2D eigenvalue weighted by molar-refractivity contribution is 6.34. The molecular weight excluding hydrogens is 243 g/mol. The van der Waals surface area contributed by atoms with Gasteiger partial charge in [-0.15, -0.1) is 0 Å². The van der Waals surface area contributed by atoms with E-state index in [1.165, 1.54) is 18.2 Å². The highest BCUT2D eigenvalue weighted by Gasteiger charge is 2.20. The predicted molar refractivity (Wildman–Crippen MR) is 63.9 cm³/mol. The summed E-state index contributed by atoms with van der Waals surface area (Å²) >= 11 is 5.83. The molecule has 0 bridgehead atoms. The van der Waals surface area contributed by atoms with Gasteiger partial charge in [0.15, 0.2) is 5.78 Å². The summed E-state index contributed by atoms with van der Waals surface area (Å²) in [4.78, 5) is 11.9. The molecule has 4 heteroatoms. The first-order valence-corrected chi connectivity index (χ1v) is 6.15. The minimum absolute atomic E-state index is 0.00663. The molecule has 1 unspecified atom stereocenters. The molecule has 0 spiro atoms. The molecule has 92 valence electrons. The van der Waals surface area contributed by atoms with Crippen molar-refractivity contribution in [3.63, 3.8) is 0 Å². The van der Waals surface area contributed by atoms with E-state index in [-0.39, 0.29) is 28.9 Å². The number of rotatable bonds is 4. The van der Waals surface area contributed by atoms with E-state index in [0.29, 0.717) is 6.42 Å². The van der Waals surface area contributed by atoms with Crippen LogP contribution in [0.15, 0.2) is 18.2 Å². The second-order valence-electron chi connectivity index (χ2n) is 4.19. The molecule has 0 saturated carbocycles. The van der Waals surface area contributed by atoms with Crippen molar-refractivity contribution < 1.29 is 13.9 Å². The van der Waals surface area contributed by atoms with E-state index in [4.69, 9.17) is 16.3 Å². The van der Waals surface area contributed by atoms with E-state index < -0.39 is 5.82 Å². The molecule has 1 aliphatic rings.